The van der Waals surface area contributed by atoms with Crippen LogP contribution in [0.4, 0.5) is 0 Å². The van der Waals surface area contributed by atoms with Crippen molar-refractivity contribution in [1.82, 2.24) is 20.0 Å². The van der Waals surface area contributed by atoms with E-state index in [-0.39, 0.29) is 0 Å². The molecule has 17 heavy (non-hydrogen) atoms. The van der Waals surface area contributed by atoms with Crippen LogP contribution < -0.4 is 5.73 Å². The summed E-state index contributed by atoms with van der Waals surface area (Å²) in [5, 5.41) is 9.11. The number of rotatable bonds is 2. The van der Waals surface area contributed by atoms with Gasteiger partial charge in [-0.25, -0.2) is 4.68 Å². The van der Waals surface area contributed by atoms with Gasteiger partial charge in [-0.05, 0) is 12.1 Å². The molecule has 0 unspecified atom stereocenters. The lowest BCUT2D eigenvalue weighted by atomic mass is 10.2. The number of aromatic nitrogens is 4. The van der Waals surface area contributed by atoms with Gasteiger partial charge in [-0.1, -0.05) is 23.4 Å². The lowest BCUT2D eigenvalue weighted by Crippen LogP contribution is -1.97. The summed E-state index contributed by atoms with van der Waals surface area (Å²) in [6, 6.07) is 9.89. The highest BCUT2D eigenvalue weighted by molar-refractivity contribution is 5.85. The van der Waals surface area contributed by atoms with Crippen molar-refractivity contribution in [3.05, 3.63) is 48.4 Å². The Morgan fingerprint density at radius 3 is 2.88 bits per heavy atom. The third-order valence-corrected chi connectivity index (χ3v) is 2.61. The van der Waals surface area contributed by atoms with Crippen LogP contribution in [0.25, 0.3) is 16.6 Å². The zero-order valence-electron chi connectivity index (χ0n) is 9.11. The maximum atomic E-state index is 5.52. The van der Waals surface area contributed by atoms with Gasteiger partial charge in [0.05, 0.1) is 23.1 Å². The first-order chi connectivity index (χ1) is 8.38. The van der Waals surface area contributed by atoms with Crippen LogP contribution >= 0.6 is 0 Å². The highest BCUT2D eigenvalue weighted by atomic mass is 15.4. The Kier molecular flexibility index (Phi) is 2.31. The smallest absolute Gasteiger partial charge is 0.0967 e. The average molecular weight is 225 g/mol. The number of nitrogens with two attached hydrogens (primary N) is 1. The summed E-state index contributed by atoms with van der Waals surface area (Å²) in [7, 11) is 0. The Hall–Kier alpha value is -2.27. The molecule has 0 saturated carbocycles. The fourth-order valence-electron chi connectivity index (χ4n) is 1.78. The van der Waals surface area contributed by atoms with Gasteiger partial charge in [0.15, 0.2) is 0 Å². The summed E-state index contributed by atoms with van der Waals surface area (Å²) in [6.07, 6.45) is 3.59. The molecule has 0 aliphatic rings. The van der Waals surface area contributed by atoms with Gasteiger partial charge in [0.2, 0.25) is 0 Å². The summed E-state index contributed by atoms with van der Waals surface area (Å²) in [5.41, 5.74) is 8.10. The Labute approximate surface area is 97.9 Å². The second kappa shape index (κ2) is 3.95. The predicted octanol–water partition coefficient (Wildman–Crippen LogP) is 1.27. The van der Waals surface area contributed by atoms with E-state index in [9.17, 15) is 0 Å². The first kappa shape index (κ1) is 9.92. The van der Waals surface area contributed by atoms with Crippen LogP contribution in [0.15, 0.2) is 42.7 Å². The third-order valence-electron chi connectivity index (χ3n) is 2.61. The van der Waals surface area contributed by atoms with Crippen molar-refractivity contribution in [2.45, 2.75) is 6.54 Å². The van der Waals surface area contributed by atoms with Crippen LogP contribution in [0.3, 0.4) is 0 Å². The first-order valence-corrected chi connectivity index (χ1v) is 5.34. The highest BCUT2D eigenvalue weighted by Crippen LogP contribution is 2.18. The third kappa shape index (κ3) is 1.66. The molecule has 3 rings (SSSR count). The Bertz CT molecular complexity index is 653. The molecule has 0 atom stereocenters. The lowest BCUT2D eigenvalue weighted by Gasteiger charge is -2.03. The molecule has 0 saturated heterocycles. The van der Waals surface area contributed by atoms with Crippen LogP contribution in [0.2, 0.25) is 0 Å². The molecule has 0 aliphatic carbocycles. The van der Waals surface area contributed by atoms with Gasteiger partial charge in [0, 0.05) is 18.1 Å². The molecule has 0 spiro atoms. The van der Waals surface area contributed by atoms with E-state index in [1.54, 1.807) is 10.9 Å². The molecular weight excluding hydrogens is 214 g/mol. The van der Waals surface area contributed by atoms with Gasteiger partial charge < -0.3 is 5.73 Å². The van der Waals surface area contributed by atoms with Gasteiger partial charge >= 0.3 is 0 Å². The number of benzene rings is 1. The van der Waals surface area contributed by atoms with E-state index >= 15 is 0 Å². The van der Waals surface area contributed by atoms with Crippen molar-refractivity contribution >= 4 is 10.9 Å². The summed E-state index contributed by atoms with van der Waals surface area (Å²) in [5.74, 6) is 0. The molecule has 0 fully saturated rings. The van der Waals surface area contributed by atoms with E-state index in [0.717, 1.165) is 22.3 Å². The van der Waals surface area contributed by atoms with Crippen LogP contribution in [0.5, 0.6) is 0 Å². The summed E-state index contributed by atoms with van der Waals surface area (Å²) in [6.45, 7) is 0.387. The van der Waals surface area contributed by atoms with Gasteiger partial charge in [-0.15, -0.1) is 5.10 Å². The second-order valence-electron chi connectivity index (χ2n) is 3.71. The van der Waals surface area contributed by atoms with Crippen LogP contribution in [-0.4, -0.2) is 20.0 Å². The van der Waals surface area contributed by atoms with E-state index in [1.165, 1.54) is 0 Å². The SMILES string of the molecule is NCc1cn(-c2cccc3cccnc23)nn1. The van der Waals surface area contributed by atoms with Crippen molar-refractivity contribution < 1.29 is 0 Å². The van der Waals surface area contributed by atoms with Gasteiger partial charge in [-0.3, -0.25) is 4.98 Å². The van der Waals surface area contributed by atoms with Crippen molar-refractivity contribution in [3.8, 4) is 5.69 Å². The number of pyridine rings is 1. The Balaban J connectivity index is 2.23. The van der Waals surface area contributed by atoms with Crippen LogP contribution in [0.1, 0.15) is 5.69 Å². The minimum Gasteiger partial charge on any atom is -0.325 e. The molecule has 0 amide bonds. The number of hydrogen-bond donors (Lipinski definition) is 1. The molecular formula is C12H11N5. The molecule has 5 nitrogen and oxygen atoms in total. The van der Waals surface area contributed by atoms with Crippen LogP contribution in [-0.2, 0) is 6.54 Å². The Morgan fingerprint density at radius 2 is 2.06 bits per heavy atom. The average Bonchev–Trinajstić information content (AvgIpc) is 2.87. The van der Waals surface area contributed by atoms with Gasteiger partial charge in [-0.2, -0.15) is 0 Å². The lowest BCUT2D eigenvalue weighted by molar-refractivity contribution is 0.799. The molecule has 0 radical (unpaired) electrons. The number of fused-ring (bicyclic) bond motifs is 1. The largest absolute Gasteiger partial charge is 0.325 e. The number of nitrogens with zero attached hydrogens (tertiary/aromatic N) is 4. The molecule has 5 heteroatoms. The molecule has 84 valence electrons. The van der Waals surface area contributed by atoms with Crippen molar-refractivity contribution in [3.63, 3.8) is 0 Å². The zero-order chi connectivity index (χ0) is 11.7. The molecule has 0 bridgehead atoms. The topological polar surface area (TPSA) is 69.6 Å². The van der Waals surface area contributed by atoms with E-state index in [1.807, 2.05) is 36.5 Å². The molecule has 2 heterocycles. The number of hydrogen-bond acceptors (Lipinski definition) is 4. The van der Waals surface area contributed by atoms with E-state index in [2.05, 4.69) is 15.3 Å². The normalized spacial score (nSPS) is 10.9. The van der Waals surface area contributed by atoms with Gasteiger partial charge in [0.25, 0.3) is 0 Å². The summed E-state index contributed by atoms with van der Waals surface area (Å²) in [4.78, 5) is 4.37. The minimum absolute atomic E-state index is 0.387. The molecule has 3 aromatic rings. The standard InChI is InChI=1S/C12H11N5/c13-7-10-8-17(16-15-10)11-5-1-3-9-4-2-6-14-12(9)11/h1-6,8H,7,13H2. The maximum Gasteiger partial charge on any atom is 0.0967 e. The predicted molar refractivity (Wildman–Crippen MR) is 64.6 cm³/mol. The minimum atomic E-state index is 0.387. The fourth-order valence-corrected chi connectivity index (χ4v) is 1.78. The van der Waals surface area contributed by atoms with Crippen molar-refractivity contribution in [2.75, 3.05) is 0 Å². The van der Waals surface area contributed by atoms with Gasteiger partial charge in [0.1, 0.15) is 0 Å². The maximum absolute atomic E-state index is 5.52. The van der Waals surface area contributed by atoms with E-state index < -0.39 is 0 Å². The molecule has 2 aromatic heterocycles. The first-order valence-electron chi connectivity index (χ1n) is 5.34. The quantitative estimate of drug-likeness (QED) is 0.713. The molecule has 0 aliphatic heterocycles. The van der Waals surface area contributed by atoms with Crippen LogP contribution in [0, 0.1) is 0 Å². The fraction of sp³-hybridized carbons (Fsp3) is 0.0833. The van der Waals surface area contributed by atoms with E-state index in [4.69, 9.17) is 5.73 Å². The Morgan fingerprint density at radius 1 is 1.18 bits per heavy atom. The summed E-state index contributed by atoms with van der Waals surface area (Å²) >= 11 is 0. The molecule has 1 aromatic carbocycles. The monoisotopic (exact) mass is 225 g/mol. The zero-order valence-corrected chi connectivity index (χ0v) is 9.11. The highest BCUT2D eigenvalue weighted by Gasteiger charge is 2.06. The second-order valence-corrected chi connectivity index (χ2v) is 3.71. The number of para-hydroxylation sites is 1. The van der Waals surface area contributed by atoms with Crippen molar-refractivity contribution in [2.24, 2.45) is 5.73 Å². The molecule has 2 N–H and O–H groups in total. The van der Waals surface area contributed by atoms with E-state index in [0.29, 0.717) is 6.54 Å². The van der Waals surface area contributed by atoms with Crippen molar-refractivity contribution in [1.29, 1.82) is 0 Å². The summed E-state index contributed by atoms with van der Waals surface area (Å²) < 4.78 is 1.71.